The van der Waals surface area contributed by atoms with Gasteiger partial charge >= 0.3 is 0 Å². The van der Waals surface area contributed by atoms with Gasteiger partial charge in [0, 0.05) is 10.7 Å². The van der Waals surface area contributed by atoms with E-state index in [9.17, 15) is 61.4 Å². The quantitative estimate of drug-likeness (QED) is 0.0621. The molecule has 20 aliphatic carbocycles. The fourth-order valence-corrected chi connectivity index (χ4v) is 40.2. The summed E-state index contributed by atoms with van der Waals surface area (Å²) in [4.78, 5) is 0. The van der Waals surface area contributed by atoms with Gasteiger partial charge in [0.15, 0.2) is 0 Å². The highest BCUT2D eigenvalue weighted by atomic mass is 79.9. The summed E-state index contributed by atoms with van der Waals surface area (Å²) in [5.74, 6) is 20.9. The van der Waals surface area contributed by atoms with E-state index in [4.69, 9.17) is 0 Å². The lowest BCUT2D eigenvalue weighted by Crippen LogP contribution is -2.52. The Labute approximate surface area is 769 Å². The molecular formula is C110H171Br2F7O6. The van der Waals surface area contributed by atoms with Crippen LogP contribution in [-0.4, -0.2) is 109 Å². The molecule has 0 saturated heterocycles. The molecular weight excluding hydrogens is 1710 g/mol. The van der Waals surface area contributed by atoms with E-state index in [0.717, 1.165) is 156 Å². The maximum Gasteiger partial charge on any atom is 0.266 e. The molecule has 0 aromatic heterocycles. The number of aliphatic hydroxyl groups excluding tert-OH is 1. The average molecular weight is 1880 g/mol. The van der Waals surface area contributed by atoms with E-state index in [-0.39, 0.29) is 6.61 Å². The summed E-state index contributed by atoms with van der Waals surface area (Å²) >= 11 is 7.26. The second kappa shape index (κ2) is 37.4. The minimum atomic E-state index is -2.60. The Morgan fingerprint density at radius 3 is 0.720 bits per heavy atom. The first kappa shape index (κ1) is 97.0. The molecule has 0 bridgehead atoms. The minimum absolute atomic E-state index is 0.133. The highest BCUT2D eigenvalue weighted by Crippen LogP contribution is 2.73. The Bertz CT molecular complexity index is 3710. The van der Waals surface area contributed by atoms with Crippen LogP contribution in [0.4, 0.5) is 30.7 Å². The predicted octanol–water partition coefficient (Wildman–Crippen LogP) is 28.0. The van der Waals surface area contributed by atoms with Crippen LogP contribution in [0.3, 0.4) is 0 Å². The lowest BCUT2D eigenvalue weighted by atomic mass is 9.48. The van der Waals surface area contributed by atoms with E-state index >= 15 is 0 Å². The van der Waals surface area contributed by atoms with Crippen molar-refractivity contribution in [3.63, 3.8) is 0 Å². The molecule has 20 aliphatic rings. The molecule has 0 aliphatic heterocycles. The molecule has 125 heavy (non-hydrogen) atoms. The van der Waals surface area contributed by atoms with Crippen LogP contribution >= 0.6 is 31.9 Å². The summed E-state index contributed by atoms with van der Waals surface area (Å²) in [5.41, 5.74) is 2.15. The number of alkyl halides is 9. The molecule has 0 amide bonds. The van der Waals surface area contributed by atoms with Crippen LogP contribution < -0.4 is 0 Å². The van der Waals surface area contributed by atoms with Gasteiger partial charge in [-0.1, -0.05) is 122 Å². The first-order valence-corrected chi connectivity index (χ1v) is 54.4. The third kappa shape index (κ3) is 17.5. The molecule has 0 radical (unpaired) electrons. The van der Waals surface area contributed by atoms with E-state index in [1.165, 1.54) is 202 Å². The summed E-state index contributed by atoms with van der Waals surface area (Å²) in [6.45, 7) is 36.9. The first-order valence-electron chi connectivity index (χ1n) is 52.2. The molecule has 6 N–H and O–H groups in total. The highest BCUT2D eigenvalue weighted by molar-refractivity contribution is 9.09. The molecule has 6 nitrogen and oxygen atoms in total. The van der Waals surface area contributed by atoms with Crippen molar-refractivity contribution in [1.29, 1.82) is 0 Å². The Hall–Kier alpha value is -1.07. The number of rotatable bonds is 13. The van der Waals surface area contributed by atoms with Crippen LogP contribution in [0.25, 0.3) is 0 Å². The zero-order valence-electron chi connectivity index (χ0n) is 78.7. The van der Waals surface area contributed by atoms with Crippen molar-refractivity contribution < 1.29 is 61.4 Å². The van der Waals surface area contributed by atoms with Gasteiger partial charge in [0.05, 0.1) is 23.4 Å². The fraction of sp³-hybridized carbons (Fsp3) is 0.909. The lowest BCUT2D eigenvalue weighted by molar-refractivity contribution is -0.158. The van der Waals surface area contributed by atoms with Crippen molar-refractivity contribution >= 4 is 31.9 Å². The van der Waals surface area contributed by atoms with Gasteiger partial charge in [-0.3, -0.25) is 0 Å². The van der Waals surface area contributed by atoms with Gasteiger partial charge < -0.3 is 30.6 Å². The lowest BCUT2D eigenvalue weighted by Gasteiger charge is -2.57. The zero-order chi connectivity index (χ0) is 89.4. The minimum Gasteiger partial charge on any atom is -0.392 e. The highest BCUT2D eigenvalue weighted by Gasteiger charge is 2.66. The van der Waals surface area contributed by atoms with E-state index in [1.807, 2.05) is 0 Å². The van der Waals surface area contributed by atoms with Crippen LogP contribution in [0, 0.1) is 205 Å². The van der Waals surface area contributed by atoms with Crippen molar-refractivity contribution in [3.8, 4) is 0 Å². The molecule has 40 atom stereocenters. The zero-order valence-corrected chi connectivity index (χ0v) is 81.8. The van der Waals surface area contributed by atoms with E-state index in [1.54, 1.807) is 0 Å². The predicted molar refractivity (Wildman–Crippen MR) is 499 cm³/mol. The Morgan fingerprint density at radius 2 is 0.496 bits per heavy atom. The summed E-state index contributed by atoms with van der Waals surface area (Å²) in [6.07, 6.45) is 42.9. The molecule has 0 heterocycles. The van der Waals surface area contributed by atoms with Crippen molar-refractivity contribution in [1.82, 2.24) is 0 Å². The van der Waals surface area contributed by atoms with Gasteiger partial charge in [0.2, 0.25) is 0 Å². The molecule has 0 aromatic rings. The van der Waals surface area contributed by atoms with Crippen molar-refractivity contribution in [2.75, 3.05) is 37.3 Å². The molecule has 710 valence electrons. The van der Waals surface area contributed by atoms with Crippen LogP contribution in [0.1, 0.15) is 337 Å². The number of aliphatic hydroxyl groups is 6. The molecule has 0 aromatic carbocycles. The summed E-state index contributed by atoms with van der Waals surface area (Å²) in [7, 11) is 0. The maximum absolute atomic E-state index is 13.3. The SMILES string of the molecule is C=C(C)[C@H]1CC[C@H]2[C@@H]3CC[C@H]4C[C@](O)(C(F)F)CC[C@@H]4[C@H]3CC[C@]12C.C=C(C)[C@H]1CC[C@H]2[C@@H]3CC[C@H]4C[C@](O)(CF)CC[C@@H]4[C@H]3CC[C@]12C.C=C(CBr)[C@H]1CC[C@H]2[C@@H]3CC[C@H]4C[C@](O)(C(F)F)CC[C@@H]4[C@H]3CC[C@]12C.C=C(CBr)[C@H]1CC[C@H]2[C@@H]3CC[C@H]4C[C@](O)(CF)CC[C@@H]4[C@H]3CC[C@]12C.C=C(CO)[C@H]1CC[C@H]2[C@@H]3CC[C@H]4C[C@](O)(CF)CC[C@@H]4[C@H]3CC[C@]12C. The molecule has 20 rings (SSSR count). The summed E-state index contributed by atoms with van der Waals surface area (Å²) < 4.78 is 93.0. The molecule has 20 saturated carbocycles. The summed E-state index contributed by atoms with van der Waals surface area (Å²) in [5, 5.41) is 63.4. The van der Waals surface area contributed by atoms with E-state index in [0.29, 0.717) is 174 Å². The number of halogens is 9. The van der Waals surface area contributed by atoms with Crippen molar-refractivity contribution in [3.05, 3.63) is 60.8 Å². The summed E-state index contributed by atoms with van der Waals surface area (Å²) in [6, 6.07) is 0. The first-order chi connectivity index (χ1) is 59.3. The topological polar surface area (TPSA) is 121 Å². The standard InChI is InChI=1S/C22H33BrF2O.C22H34BrFO.C22H34F2O.C22H35FO2.C22H35FO/c1-13(12-23)18-5-6-19-17-4-3-14-11-22(26,20(24)25)10-8-15(14)16(17)7-9-21(18,19)2;1-14(12-23)19-5-6-20-18-4-3-15-11-22(25,13-24)10-8-16(15)17(18)7-9-21(19,20)2;1-13(2)18-6-7-19-17-5-4-14-12-22(25,20(23)24)11-9-15(14)16(17)8-10-21(18,19)3;1-14(12-24)19-5-6-20-18-4-3-15-11-22(25,13-23)10-8-16(15)17(18)7-9-21(19,20)2;1-14(2)19-6-7-20-18-5-4-15-12-22(24,13-23)11-9-16(15)17(18)8-10-21(19,20)3/h14-20,26H,1,3-12H2,2H3;15-20,25H,1,3-13H2,2H3;14-20,25H,1,4-12H2,2-3H3;15-20,24-25H,1,3-13H2,2H3;15-20,24H,1,4-13H2,2-3H3/t14-,15-,16+,17+,18+,19-,21+,22-;15-,16-,17+,18+,19+,20-,21+,22-;14-,15-,16+,17+,18+,19-,21+,22-;2*15-,16-,17+,18+,19+,20-,21+,22-/m00000/s1. The van der Waals surface area contributed by atoms with Gasteiger partial charge in [-0.2, -0.15) is 0 Å². The third-order valence-corrected chi connectivity index (χ3v) is 46.6. The van der Waals surface area contributed by atoms with Gasteiger partial charge in [-0.15, -0.1) is 0 Å². The number of hydrogen-bond acceptors (Lipinski definition) is 6. The Kier molecular flexibility index (Phi) is 29.1. The molecule has 0 unspecified atom stereocenters. The molecule has 15 heteroatoms. The fourth-order valence-electron chi connectivity index (χ4n) is 39.4. The number of hydrogen-bond donors (Lipinski definition) is 6. The Balaban J connectivity index is 0.000000115. The smallest absolute Gasteiger partial charge is 0.266 e. The average Bonchev–Trinajstić information content (AvgIpc) is 1.60. The monoisotopic (exact) mass is 1880 g/mol. The normalized spacial score (nSPS) is 52.3. The van der Waals surface area contributed by atoms with Gasteiger partial charge in [0.1, 0.15) is 31.2 Å². The van der Waals surface area contributed by atoms with Crippen LogP contribution in [0.5, 0.6) is 0 Å². The molecule has 0 spiro atoms. The Morgan fingerprint density at radius 1 is 0.280 bits per heavy atom. The largest absolute Gasteiger partial charge is 0.392 e. The van der Waals surface area contributed by atoms with Crippen LogP contribution in [0.15, 0.2) is 60.8 Å². The van der Waals surface area contributed by atoms with Crippen LogP contribution in [-0.2, 0) is 0 Å². The second-order valence-corrected chi connectivity index (χ2v) is 51.4. The maximum atomic E-state index is 13.3. The van der Waals surface area contributed by atoms with E-state index in [2.05, 4.69) is 113 Å². The number of allylic oxidation sites excluding steroid dienone is 4. The van der Waals surface area contributed by atoms with E-state index < -0.39 is 60.9 Å². The molecule has 20 fully saturated rings. The van der Waals surface area contributed by atoms with Crippen molar-refractivity contribution in [2.24, 2.45) is 205 Å². The third-order valence-electron chi connectivity index (χ3n) is 45.2. The van der Waals surface area contributed by atoms with Crippen molar-refractivity contribution in [2.45, 2.75) is 378 Å². The van der Waals surface area contributed by atoms with Gasteiger partial charge in [-0.05, 0) is 513 Å². The van der Waals surface area contributed by atoms with Gasteiger partial charge in [0.25, 0.3) is 12.9 Å². The number of fused-ring (bicyclic) bond motifs is 25. The second-order valence-electron chi connectivity index (χ2n) is 50.2. The van der Waals surface area contributed by atoms with Crippen LogP contribution in [0.2, 0.25) is 0 Å². The van der Waals surface area contributed by atoms with Gasteiger partial charge in [-0.25, -0.2) is 30.7 Å².